The van der Waals surface area contributed by atoms with Gasteiger partial charge in [-0.05, 0) is 13.3 Å². The number of aliphatic hydroxyl groups excluding tert-OH is 1. The summed E-state index contributed by atoms with van der Waals surface area (Å²) in [6, 6.07) is -1.23. The van der Waals surface area contributed by atoms with Gasteiger partial charge in [-0.2, -0.15) is 0 Å². The molecule has 0 radical (unpaired) electrons. The third-order valence-electron chi connectivity index (χ3n) is 2.69. The number of nitrogens with one attached hydrogen (secondary N) is 1. The Labute approximate surface area is 113 Å². The van der Waals surface area contributed by atoms with Gasteiger partial charge in [0, 0.05) is 12.8 Å². The van der Waals surface area contributed by atoms with Crippen molar-refractivity contribution in [1.29, 1.82) is 0 Å². The third kappa shape index (κ3) is 8.31. The van der Waals surface area contributed by atoms with E-state index in [4.69, 9.17) is 10.2 Å². The van der Waals surface area contributed by atoms with Crippen LogP contribution in [0.3, 0.4) is 0 Å². The second-order valence-electron chi connectivity index (χ2n) is 4.68. The van der Waals surface area contributed by atoms with E-state index < -0.39 is 29.8 Å². The molecule has 0 bridgehead atoms. The Morgan fingerprint density at radius 2 is 1.79 bits per heavy atom. The lowest BCUT2D eigenvalue weighted by Gasteiger charge is -2.15. The van der Waals surface area contributed by atoms with Gasteiger partial charge in [-0.25, -0.2) is 4.79 Å². The van der Waals surface area contributed by atoms with E-state index in [9.17, 15) is 14.4 Å². The quantitative estimate of drug-likeness (QED) is 0.404. The van der Waals surface area contributed by atoms with E-state index in [1.165, 1.54) is 6.92 Å². The van der Waals surface area contributed by atoms with Gasteiger partial charge in [0.05, 0.1) is 6.10 Å². The molecule has 0 unspecified atom stereocenters. The molecule has 110 valence electrons. The maximum Gasteiger partial charge on any atom is 0.326 e. The number of rotatable bonds is 10. The summed E-state index contributed by atoms with van der Waals surface area (Å²) in [7, 11) is 0. The van der Waals surface area contributed by atoms with Crippen LogP contribution in [0.5, 0.6) is 0 Å². The fourth-order valence-electron chi connectivity index (χ4n) is 1.63. The second kappa shape index (κ2) is 9.49. The van der Waals surface area contributed by atoms with E-state index in [1.54, 1.807) is 0 Å². The molecule has 0 aliphatic rings. The zero-order valence-corrected chi connectivity index (χ0v) is 11.5. The lowest BCUT2D eigenvalue weighted by atomic mass is 10.1. The molecule has 6 nitrogen and oxygen atoms in total. The number of carbonyl (C=O) groups is 3. The first-order chi connectivity index (χ1) is 8.88. The highest BCUT2D eigenvalue weighted by Crippen LogP contribution is 2.04. The number of aliphatic carboxylic acids is 1. The molecule has 0 rings (SSSR count). The largest absolute Gasteiger partial charge is 0.480 e. The number of carboxylic acids is 1. The van der Waals surface area contributed by atoms with Crippen molar-refractivity contribution < 1.29 is 24.6 Å². The summed E-state index contributed by atoms with van der Waals surface area (Å²) in [6.07, 6.45) is 2.71. The Kier molecular flexibility index (Phi) is 8.78. The molecule has 0 aliphatic heterocycles. The first-order valence-electron chi connectivity index (χ1n) is 6.63. The number of ketones is 1. The Bertz CT molecular complexity index is 314. The fourth-order valence-corrected chi connectivity index (χ4v) is 1.63. The number of hydrogen-bond donors (Lipinski definition) is 3. The zero-order valence-electron chi connectivity index (χ0n) is 11.5. The van der Waals surface area contributed by atoms with Crippen molar-refractivity contribution in [1.82, 2.24) is 5.32 Å². The molecule has 0 aromatic rings. The van der Waals surface area contributed by atoms with Crippen LogP contribution in [0.1, 0.15) is 52.4 Å². The number of amides is 1. The molecule has 0 heterocycles. The van der Waals surface area contributed by atoms with Gasteiger partial charge in [0.2, 0.25) is 5.78 Å². The minimum Gasteiger partial charge on any atom is -0.480 e. The minimum absolute atomic E-state index is 0.121. The fraction of sp³-hybridized carbons (Fsp3) is 0.769. The number of carbonyl (C=O) groups excluding carboxylic acids is 2. The van der Waals surface area contributed by atoms with Crippen LogP contribution >= 0.6 is 0 Å². The predicted octanol–water partition coefficient (Wildman–Crippen LogP) is 0.866. The van der Waals surface area contributed by atoms with Crippen molar-refractivity contribution in [3.05, 3.63) is 0 Å². The number of unbranched alkanes of at least 4 members (excludes halogenated alkanes) is 3. The van der Waals surface area contributed by atoms with Gasteiger partial charge in [-0.15, -0.1) is 0 Å². The van der Waals surface area contributed by atoms with Gasteiger partial charge in [-0.1, -0.05) is 26.2 Å². The third-order valence-corrected chi connectivity index (χ3v) is 2.69. The molecular weight excluding hydrogens is 250 g/mol. The van der Waals surface area contributed by atoms with Crippen molar-refractivity contribution in [2.24, 2.45) is 0 Å². The van der Waals surface area contributed by atoms with Crippen LogP contribution in [0.25, 0.3) is 0 Å². The average molecular weight is 273 g/mol. The monoisotopic (exact) mass is 273 g/mol. The SMILES string of the molecule is CCCCCCC(=O)C(=O)N[C@H](C[C@@H](C)O)C(=O)O. The number of hydrogen-bond acceptors (Lipinski definition) is 4. The maximum atomic E-state index is 11.5. The first-order valence-corrected chi connectivity index (χ1v) is 6.63. The molecule has 6 heteroatoms. The van der Waals surface area contributed by atoms with Crippen molar-refractivity contribution in [3.63, 3.8) is 0 Å². The van der Waals surface area contributed by atoms with Crippen LogP contribution < -0.4 is 5.32 Å². The summed E-state index contributed by atoms with van der Waals surface area (Å²) in [6.45, 7) is 3.47. The summed E-state index contributed by atoms with van der Waals surface area (Å²) in [4.78, 5) is 33.8. The number of carboxylic acid groups (broad SMARTS) is 1. The van der Waals surface area contributed by atoms with Gasteiger partial charge < -0.3 is 15.5 Å². The van der Waals surface area contributed by atoms with Gasteiger partial charge in [0.15, 0.2) is 0 Å². The van der Waals surface area contributed by atoms with Gasteiger partial charge in [0.25, 0.3) is 5.91 Å². The summed E-state index contributed by atoms with van der Waals surface area (Å²) < 4.78 is 0. The normalized spacial score (nSPS) is 13.6. The van der Waals surface area contributed by atoms with Crippen LogP contribution in [-0.2, 0) is 14.4 Å². The summed E-state index contributed by atoms with van der Waals surface area (Å²) in [5, 5.41) is 20.1. The van der Waals surface area contributed by atoms with Crippen LogP contribution in [0, 0.1) is 0 Å². The lowest BCUT2D eigenvalue weighted by Crippen LogP contribution is -2.45. The molecule has 0 spiro atoms. The van der Waals surface area contributed by atoms with Crippen molar-refractivity contribution >= 4 is 17.7 Å². The predicted molar refractivity (Wildman–Crippen MR) is 69.6 cm³/mol. The Morgan fingerprint density at radius 1 is 1.16 bits per heavy atom. The minimum atomic E-state index is -1.26. The molecule has 0 saturated heterocycles. The highest BCUT2D eigenvalue weighted by atomic mass is 16.4. The smallest absolute Gasteiger partial charge is 0.326 e. The summed E-state index contributed by atoms with van der Waals surface area (Å²) in [5.41, 5.74) is 0. The van der Waals surface area contributed by atoms with Crippen molar-refractivity contribution in [2.45, 2.75) is 64.5 Å². The number of Topliss-reactive ketones (excluding diaryl/α,β-unsaturated/α-hetero) is 1. The molecule has 0 aromatic heterocycles. The Balaban J connectivity index is 4.16. The Hall–Kier alpha value is -1.43. The van der Waals surface area contributed by atoms with E-state index in [-0.39, 0.29) is 12.8 Å². The average Bonchev–Trinajstić information content (AvgIpc) is 2.32. The molecule has 2 atom stereocenters. The van der Waals surface area contributed by atoms with Crippen LogP contribution in [-0.4, -0.2) is 40.0 Å². The summed E-state index contributed by atoms with van der Waals surface area (Å²) >= 11 is 0. The van der Waals surface area contributed by atoms with E-state index in [0.29, 0.717) is 6.42 Å². The molecular formula is C13H23NO5. The topological polar surface area (TPSA) is 104 Å². The number of aliphatic hydroxyl groups is 1. The van der Waals surface area contributed by atoms with Crippen LogP contribution in [0.15, 0.2) is 0 Å². The van der Waals surface area contributed by atoms with Crippen LogP contribution in [0.2, 0.25) is 0 Å². The highest BCUT2D eigenvalue weighted by molar-refractivity contribution is 6.36. The van der Waals surface area contributed by atoms with Crippen molar-refractivity contribution in [2.75, 3.05) is 0 Å². The van der Waals surface area contributed by atoms with Crippen molar-refractivity contribution in [3.8, 4) is 0 Å². The van der Waals surface area contributed by atoms with E-state index >= 15 is 0 Å². The second-order valence-corrected chi connectivity index (χ2v) is 4.68. The summed E-state index contributed by atoms with van der Waals surface area (Å²) in [5.74, 6) is -2.74. The highest BCUT2D eigenvalue weighted by Gasteiger charge is 2.24. The molecule has 0 saturated carbocycles. The molecule has 0 aromatic carbocycles. The van der Waals surface area contributed by atoms with E-state index in [0.717, 1.165) is 19.3 Å². The van der Waals surface area contributed by atoms with E-state index in [2.05, 4.69) is 5.32 Å². The standard InChI is InChI=1S/C13H23NO5/c1-3-4-5-6-7-11(16)12(17)14-10(13(18)19)8-9(2)15/h9-10,15H,3-8H2,1-2H3,(H,14,17)(H,18,19)/t9-,10-/m1/s1. The lowest BCUT2D eigenvalue weighted by molar-refractivity contribution is -0.145. The zero-order chi connectivity index (χ0) is 14.8. The van der Waals surface area contributed by atoms with Gasteiger partial charge >= 0.3 is 5.97 Å². The maximum absolute atomic E-state index is 11.5. The Morgan fingerprint density at radius 3 is 2.26 bits per heavy atom. The molecule has 3 N–H and O–H groups in total. The molecule has 0 aliphatic carbocycles. The van der Waals surface area contributed by atoms with Gasteiger partial charge in [0.1, 0.15) is 6.04 Å². The molecule has 0 fully saturated rings. The van der Waals surface area contributed by atoms with Crippen LogP contribution in [0.4, 0.5) is 0 Å². The molecule has 1 amide bonds. The van der Waals surface area contributed by atoms with E-state index in [1.807, 2.05) is 6.92 Å². The first kappa shape index (κ1) is 17.6. The van der Waals surface area contributed by atoms with Gasteiger partial charge in [-0.3, -0.25) is 9.59 Å². The molecule has 19 heavy (non-hydrogen) atoms.